The zero-order valence-electron chi connectivity index (χ0n) is 19.2. The average Bonchev–Trinajstić information content (AvgIpc) is 3.22. The summed E-state index contributed by atoms with van der Waals surface area (Å²) in [6, 6.07) is 21.2. The Bertz CT molecular complexity index is 844. The Morgan fingerprint density at radius 3 is 2.45 bits per heavy atom. The molecule has 1 aliphatic heterocycles. The molecule has 1 atom stereocenters. The predicted octanol–water partition coefficient (Wildman–Crippen LogP) is 6.38. The summed E-state index contributed by atoms with van der Waals surface area (Å²) in [6.07, 6.45) is 13.2. The molecule has 0 N–H and O–H groups in total. The van der Waals surface area contributed by atoms with Crippen molar-refractivity contribution in [2.75, 3.05) is 13.1 Å². The molecule has 0 bridgehead atoms. The highest BCUT2D eigenvalue weighted by Gasteiger charge is 2.27. The van der Waals surface area contributed by atoms with Crippen molar-refractivity contribution in [2.45, 2.75) is 70.5 Å². The lowest BCUT2D eigenvalue weighted by Gasteiger charge is -2.37. The lowest BCUT2D eigenvalue weighted by Crippen LogP contribution is -2.40. The van der Waals surface area contributed by atoms with E-state index in [9.17, 15) is 0 Å². The molecule has 1 heterocycles. The molecule has 0 spiro atoms. The maximum absolute atomic E-state index is 4.42. The van der Waals surface area contributed by atoms with Gasteiger partial charge < -0.3 is 4.90 Å². The highest BCUT2D eigenvalue weighted by atomic mass is 15.2. The second kappa shape index (κ2) is 10.8. The minimum absolute atomic E-state index is 0.549. The molecule has 1 saturated heterocycles. The van der Waals surface area contributed by atoms with Gasteiger partial charge in [0.15, 0.2) is 0 Å². The Morgan fingerprint density at radius 2 is 1.74 bits per heavy atom. The van der Waals surface area contributed by atoms with Gasteiger partial charge in [-0.3, -0.25) is 4.90 Å². The van der Waals surface area contributed by atoms with Gasteiger partial charge in [0.05, 0.1) is 0 Å². The third-order valence-electron chi connectivity index (χ3n) is 7.11. The minimum atomic E-state index is 0.549. The zero-order valence-corrected chi connectivity index (χ0v) is 19.2. The molecule has 2 heteroatoms. The summed E-state index contributed by atoms with van der Waals surface area (Å²) < 4.78 is 0. The Labute approximate surface area is 189 Å². The number of fused-ring (bicyclic) bond motifs is 1. The van der Waals surface area contributed by atoms with Crippen molar-refractivity contribution in [3.05, 3.63) is 95.7 Å². The highest BCUT2D eigenvalue weighted by Crippen LogP contribution is 2.29. The van der Waals surface area contributed by atoms with Crippen molar-refractivity contribution in [3.8, 4) is 0 Å². The summed E-state index contributed by atoms with van der Waals surface area (Å²) in [5, 5.41) is 0. The first-order chi connectivity index (χ1) is 15.2. The van der Waals surface area contributed by atoms with Crippen LogP contribution in [0.25, 0.3) is 0 Å². The van der Waals surface area contributed by atoms with E-state index in [4.69, 9.17) is 0 Å². The number of hydrogen-bond acceptors (Lipinski definition) is 2. The van der Waals surface area contributed by atoms with Crippen LogP contribution in [0.15, 0.2) is 79.0 Å². The van der Waals surface area contributed by atoms with Crippen LogP contribution in [-0.2, 0) is 19.4 Å². The molecule has 1 aliphatic carbocycles. The third-order valence-corrected chi connectivity index (χ3v) is 7.11. The molecule has 1 fully saturated rings. The molecule has 164 valence electrons. The van der Waals surface area contributed by atoms with Crippen LogP contribution >= 0.6 is 0 Å². The molecule has 2 aromatic carbocycles. The molecule has 2 aromatic rings. The van der Waals surface area contributed by atoms with E-state index in [0.717, 1.165) is 25.9 Å². The van der Waals surface area contributed by atoms with E-state index in [2.05, 4.69) is 90.1 Å². The van der Waals surface area contributed by atoms with Crippen molar-refractivity contribution in [3.63, 3.8) is 0 Å². The molecule has 0 radical (unpaired) electrons. The SMILES string of the molecule is C=C(/C=C\C)N(CCCC1CCCCN1Cc1ccccc1)C1Cc2ccccc2C1. The summed E-state index contributed by atoms with van der Waals surface area (Å²) >= 11 is 0. The number of benzene rings is 2. The molecule has 1 unspecified atom stereocenters. The standard InChI is InChI=1S/C29H38N2/c1-3-12-24(2)31(29-21-26-15-7-8-16-27(26)22-29)20-11-18-28-17-9-10-19-30(28)23-25-13-5-4-6-14-25/h3-8,12-16,28-29H,2,9-11,17-23H2,1H3/b12-3-. The molecule has 0 aromatic heterocycles. The smallest absolute Gasteiger partial charge is 0.0370 e. The van der Waals surface area contributed by atoms with Gasteiger partial charge in [-0.25, -0.2) is 0 Å². The van der Waals surface area contributed by atoms with Gasteiger partial charge in [-0.1, -0.05) is 73.7 Å². The largest absolute Gasteiger partial charge is 0.368 e. The van der Waals surface area contributed by atoms with Gasteiger partial charge in [0.2, 0.25) is 0 Å². The van der Waals surface area contributed by atoms with Crippen LogP contribution < -0.4 is 0 Å². The second-order valence-electron chi connectivity index (χ2n) is 9.26. The first-order valence-corrected chi connectivity index (χ1v) is 12.2. The van der Waals surface area contributed by atoms with Crippen LogP contribution in [0.3, 0.4) is 0 Å². The van der Waals surface area contributed by atoms with Gasteiger partial charge in [0.25, 0.3) is 0 Å². The van der Waals surface area contributed by atoms with Gasteiger partial charge in [-0.15, -0.1) is 0 Å². The maximum Gasteiger partial charge on any atom is 0.0370 e. The van der Waals surface area contributed by atoms with E-state index in [-0.39, 0.29) is 0 Å². The third kappa shape index (κ3) is 5.68. The summed E-state index contributed by atoms with van der Waals surface area (Å²) in [5.74, 6) is 0. The van der Waals surface area contributed by atoms with E-state index in [1.54, 1.807) is 0 Å². The van der Waals surface area contributed by atoms with E-state index in [0.29, 0.717) is 12.1 Å². The fraction of sp³-hybridized carbons (Fsp3) is 0.448. The van der Waals surface area contributed by atoms with Crippen LogP contribution in [0.5, 0.6) is 0 Å². The Morgan fingerprint density at radius 1 is 1.03 bits per heavy atom. The molecule has 0 amide bonds. The number of nitrogens with zero attached hydrogens (tertiary/aromatic N) is 2. The molecule has 2 nitrogen and oxygen atoms in total. The molecule has 2 aliphatic rings. The predicted molar refractivity (Wildman–Crippen MR) is 132 cm³/mol. The van der Waals surface area contributed by atoms with Crippen molar-refractivity contribution >= 4 is 0 Å². The number of piperidine rings is 1. The van der Waals surface area contributed by atoms with E-state index in [1.165, 1.54) is 61.0 Å². The number of likely N-dealkylation sites (tertiary alicyclic amines) is 1. The average molecular weight is 415 g/mol. The van der Waals surface area contributed by atoms with Crippen molar-refractivity contribution in [2.24, 2.45) is 0 Å². The summed E-state index contributed by atoms with van der Waals surface area (Å²) in [4.78, 5) is 5.32. The molecular weight excluding hydrogens is 376 g/mol. The van der Waals surface area contributed by atoms with Crippen LogP contribution in [0.2, 0.25) is 0 Å². The molecular formula is C29H38N2. The maximum atomic E-state index is 4.42. The summed E-state index contributed by atoms with van der Waals surface area (Å²) in [7, 11) is 0. The lowest BCUT2D eigenvalue weighted by atomic mass is 9.96. The highest BCUT2D eigenvalue weighted by molar-refractivity contribution is 5.34. The summed E-state index contributed by atoms with van der Waals surface area (Å²) in [6.45, 7) is 9.96. The van der Waals surface area contributed by atoms with E-state index < -0.39 is 0 Å². The van der Waals surface area contributed by atoms with Gasteiger partial charge in [0.1, 0.15) is 0 Å². The Balaban J connectivity index is 1.36. The van der Waals surface area contributed by atoms with E-state index >= 15 is 0 Å². The van der Waals surface area contributed by atoms with Gasteiger partial charge in [-0.2, -0.15) is 0 Å². The lowest BCUT2D eigenvalue weighted by molar-refractivity contribution is 0.126. The molecule has 31 heavy (non-hydrogen) atoms. The number of allylic oxidation sites excluding steroid dienone is 2. The molecule has 0 saturated carbocycles. The van der Waals surface area contributed by atoms with Crippen molar-refractivity contribution < 1.29 is 0 Å². The number of hydrogen-bond donors (Lipinski definition) is 0. The van der Waals surface area contributed by atoms with Crippen LogP contribution in [0.1, 0.15) is 55.7 Å². The normalized spacial score (nSPS) is 19.6. The van der Waals surface area contributed by atoms with Crippen molar-refractivity contribution in [1.29, 1.82) is 0 Å². The monoisotopic (exact) mass is 414 g/mol. The summed E-state index contributed by atoms with van der Waals surface area (Å²) in [5.41, 5.74) is 5.66. The van der Waals surface area contributed by atoms with Crippen LogP contribution in [0.4, 0.5) is 0 Å². The van der Waals surface area contributed by atoms with Crippen LogP contribution in [0, 0.1) is 0 Å². The van der Waals surface area contributed by atoms with Gasteiger partial charge in [-0.05, 0) is 74.8 Å². The van der Waals surface area contributed by atoms with Gasteiger partial charge >= 0.3 is 0 Å². The minimum Gasteiger partial charge on any atom is -0.368 e. The Kier molecular flexibility index (Phi) is 7.64. The topological polar surface area (TPSA) is 6.48 Å². The molecule has 4 rings (SSSR count). The zero-order chi connectivity index (χ0) is 21.5. The fourth-order valence-corrected chi connectivity index (χ4v) is 5.52. The second-order valence-corrected chi connectivity index (χ2v) is 9.26. The first kappa shape index (κ1) is 21.9. The van der Waals surface area contributed by atoms with Crippen LogP contribution in [-0.4, -0.2) is 35.0 Å². The van der Waals surface area contributed by atoms with Crippen molar-refractivity contribution in [1.82, 2.24) is 9.80 Å². The quantitative estimate of drug-likeness (QED) is 0.439. The fourth-order valence-electron chi connectivity index (χ4n) is 5.52. The Hall–Kier alpha value is -2.32. The van der Waals surface area contributed by atoms with E-state index in [1.807, 2.05) is 0 Å². The number of rotatable bonds is 9. The first-order valence-electron chi connectivity index (χ1n) is 12.2. The van der Waals surface area contributed by atoms with Gasteiger partial charge in [0, 0.05) is 30.9 Å².